The van der Waals surface area contributed by atoms with Crippen LogP contribution in [-0.2, 0) is 9.59 Å². The SMILES string of the molecule is C[C@@]12CC[C@@H]3[C@H](CCC4=CC(=O)CC[C@]43CO)[C@H]1CCC2=O. The molecule has 120 valence electrons. The Balaban J connectivity index is 1.73. The summed E-state index contributed by atoms with van der Waals surface area (Å²) >= 11 is 0. The van der Waals surface area contributed by atoms with Crippen LogP contribution in [0.4, 0.5) is 0 Å². The Morgan fingerprint density at radius 3 is 2.68 bits per heavy atom. The van der Waals surface area contributed by atoms with Crippen LogP contribution >= 0.6 is 0 Å². The standard InChI is InChI=1S/C19H26O3/c1-18-8-7-16-14(15(18)4-5-17(18)22)3-2-12-10-13(21)6-9-19(12,16)11-20/h10,14-16,20H,2-9,11H2,1H3/t14-,15-,16-,18-,19+/m1/s1. The van der Waals surface area contributed by atoms with Gasteiger partial charge in [-0.05, 0) is 62.4 Å². The van der Waals surface area contributed by atoms with E-state index in [1.54, 1.807) is 0 Å². The van der Waals surface area contributed by atoms with Gasteiger partial charge in [-0.2, -0.15) is 0 Å². The zero-order valence-corrected chi connectivity index (χ0v) is 13.4. The summed E-state index contributed by atoms with van der Waals surface area (Å²) in [6, 6.07) is 0. The molecule has 0 radical (unpaired) electrons. The van der Waals surface area contributed by atoms with Crippen LogP contribution in [0.1, 0.15) is 58.3 Å². The van der Waals surface area contributed by atoms with Crippen molar-refractivity contribution in [2.45, 2.75) is 58.3 Å². The van der Waals surface area contributed by atoms with Crippen molar-refractivity contribution in [1.82, 2.24) is 0 Å². The van der Waals surface area contributed by atoms with Crippen LogP contribution in [0.25, 0.3) is 0 Å². The maximum absolute atomic E-state index is 12.4. The highest BCUT2D eigenvalue weighted by atomic mass is 16.3. The van der Waals surface area contributed by atoms with Crippen molar-refractivity contribution in [3.05, 3.63) is 11.6 Å². The molecular formula is C19H26O3. The van der Waals surface area contributed by atoms with Gasteiger partial charge in [0, 0.05) is 23.7 Å². The largest absolute Gasteiger partial charge is 0.395 e. The summed E-state index contributed by atoms with van der Waals surface area (Å²) < 4.78 is 0. The number of fused-ring (bicyclic) bond motifs is 5. The Labute approximate surface area is 132 Å². The number of hydrogen-bond donors (Lipinski definition) is 1. The van der Waals surface area contributed by atoms with E-state index in [1.807, 2.05) is 6.08 Å². The van der Waals surface area contributed by atoms with Gasteiger partial charge in [-0.1, -0.05) is 12.5 Å². The van der Waals surface area contributed by atoms with E-state index in [1.165, 1.54) is 5.57 Å². The third kappa shape index (κ3) is 1.72. The van der Waals surface area contributed by atoms with Crippen molar-refractivity contribution in [3.63, 3.8) is 0 Å². The van der Waals surface area contributed by atoms with E-state index in [-0.39, 0.29) is 23.2 Å². The number of carbonyl (C=O) groups excluding carboxylic acids is 2. The average Bonchev–Trinajstić information content (AvgIpc) is 2.82. The van der Waals surface area contributed by atoms with Gasteiger partial charge in [0.05, 0.1) is 6.61 Å². The number of aliphatic hydroxyl groups excluding tert-OH is 1. The van der Waals surface area contributed by atoms with E-state index in [4.69, 9.17) is 0 Å². The fourth-order valence-electron chi connectivity index (χ4n) is 6.43. The van der Waals surface area contributed by atoms with Gasteiger partial charge in [0.1, 0.15) is 5.78 Å². The highest BCUT2D eigenvalue weighted by Gasteiger charge is 2.59. The third-order valence-corrected chi connectivity index (χ3v) is 7.68. The molecule has 3 heteroatoms. The summed E-state index contributed by atoms with van der Waals surface area (Å²) in [6.07, 6.45) is 9.06. The second-order valence-corrected chi connectivity index (χ2v) is 8.28. The number of aliphatic hydroxyl groups is 1. The van der Waals surface area contributed by atoms with Crippen LogP contribution in [-0.4, -0.2) is 23.3 Å². The number of rotatable bonds is 1. The second-order valence-electron chi connectivity index (χ2n) is 8.28. The first kappa shape index (κ1) is 14.6. The molecule has 0 aliphatic heterocycles. The van der Waals surface area contributed by atoms with Crippen LogP contribution < -0.4 is 0 Å². The molecule has 0 aromatic carbocycles. The van der Waals surface area contributed by atoms with E-state index in [0.29, 0.717) is 30.0 Å². The molecule has 0 heterocycles. The van der Waals surface area contributed by atoms with Gasteiger partial charge in [0.15, 0.2) is 5.78 Å². The molecule has 5 atom stereocenters. The first-order chi connectivity index (χ1) is 10.5. The van der Waals surface area contributed by atoms with Crippen molar-refractivity contribution >= 4 is 11.6 Å². The van der Waals surface area contributed by atoms with Gasteiger partial charge in [0.2, 0.25) is 0 Å². The van der Waals surface area contributed by atoms with E-state index >= 15 is 0 Å². The summed E-state index contributed by atoms with van der Waals surface area (Å²) in [5, 5.41) is 10.2. The molecule has 0 amide bonds. The molecule has 3 nitrogen and oxygen atoms in total. The highest BCUT2D eigenvalue weighted by Crippen LogP contribution is 2.64. The maximum atomic E-state index is 12.4. The third-order valence-electron chi connectivity index (χ3n) is 7.68. The molecule has 0 aromatic heterocycles. The lowest BCUT2D eigenvalue weighted by atomic mass is 9.47. The lowest BCUT2D eigenvalue weighted by molar-refractivity contribution is -0.134. The Kier molecular flexibility index (Phi) is 3.17. The molecule has 22 heavy (non-hydrogen) atoms. The lowest BCUT2D eigenvalue weighted by Gasteiger charge is -2.57. The van der Waals surface area contributed by atoms with Crippen molar-refractivity contribution in [2.75, 3.05) is 6.61 Å². The molecule has 0 saturated heterocycles. The number of hydrogen-bond acceptors (Lipinski definition) is 3. The summed E-state index contributed by atoms with van der Waals surface area (Å²) in [7, 11) is 0. The van der Waals surface area contributed by atoms with Gasteiger partial charge in [-0.3, -0.25) is 9.59 Å². The molecule has 3 fully saturated rings. The molecule has 4 aliphatic rings. The average molecular weight is 302 g/mol. The van der Waals surface area contributed by atoms with Crippen LogP contribution in [0.15, 0.2) is 11.6 Å². The van der Waals surface area contributed by atoms with E-state index < -0.39 is 0 Å². The summed E-state index contributed by atoms with van der Waals surface area (Å²) in [5.41, 5.74) is 0.938. The van der Waals surface area contributed by atoms with Crippen molar-refractivity contribution in [3.8, 4) is 0 Å². The van der Waals surface area contributed by atoms with Crippen molar-refractivity contribution in [1.29, 1.82) is 0 Å². The summed E-state index contributed by atoms with van der Waals surface area (Å²) in [4.78, 5) is 24.2. The first-order valence-electron chi connectivity index (χ1n) is 8.89. The predicted molar refractivity (Wildman–Crippen MR) is 83.1 cm³/mol. The van der Waals surface area contributed by atoms with E-state index in [9.17, 15) is 14.7 Å². The summed E-state index contributed by atoms with van der Waals surface area (Å²) in [5.74, 6) is 2.22. The fourth-order valence-corrected chi connectivity index (χ4v) is 6.43. The van der Waals surface area contributed by atoms with Gasteiger partial charge in [0.25, 0.3) is 0 Å². The quantitative estimate of drug-likeness (QED) is 0.810. The monoisotopic (exact) mass is 302 g/mol. The number of Topliss-reactive ketones (excluding diaryl/α,β-unsaturated/α-hetero) is 1. The minimum Gasteiger partial charge on any atom is -0.395 e. The van der Waals surface area contributed by atoms with E-state index in [2.05, 4.69) is 6.92 Å². The molecule has 0 aromatic rings. The number of carbonyl (C=O) groups is 2. The molecule has 1 N–H and O–H groups in total. The molecule has 3 saturated carbocycles. The summed E-state index contributed by atoms with van der Waals surface area (Å²) in [6.45, 7) is 2.36. The maximum Gasteiger partial charge on any atom is 0.155 e. The minimum atomic E-state index is -0.163. The number of ketones is 2. The van der Waals surface area contributed by atoms with Crippen molar-refractivity contribution < 1.29 is 14.7 Å². The Hall–Kier alpha value is -0.960. The zero-order chi connectivity index (χ0) is 15.5. The normalized spacial score (nSPS) is 47.5. The smallest absolute Gasteiger partial charge is 0.155 e. The van der Waals surface area contributed by atoms with Crippen molar-refractivity contribution in [2.24, 2.45) is 28.6 Å². The Morgan fingerprint density at radius 2 is 1.91 bits per heavy atom. The molecule has 4 aliphatic carbocycles. The lowest BCUT2D eigenvalue weighted by Crippen LogP contribution is -2.53. The highest BCUT2D eigenvalue weighted by molar-refractivity contribution is 5.91. The van der Waals surface area contributed by atoms with Gasteiger partial charge < -0.3 is 5.11 Å². The van der Waals surface area contributed by atoms with E-state index in [0.717, 1.165) is 44.9 Å². The van der Waals surface area contributed by atoms with Gasteiger partial charge in [-0.25, -0.2) is 0 Å². The Bertz CT molecular complexity index is 563. The second kappa shape index (κ2) is 4.77. The molecule has 0 unspecified atom stereocenters. The first-order valence-corrected chi connectivity index (χ1v) is 8.89. The molecule has 4 rings (SSSR count). The molecule has 0 bridgehead atoms. The molecule has 0 spiro atoms. The molecular weight excluding hydrogens is 276 g/mol. The zero-order valence-electron chi connectivity index (χ0n) is 13.4. The topological polar surface area (TPSA) is 54.4 Å². The predicted octanol–water partition coefficient (Wildman–Crippen LogP) is 3.06. The van der Waals surface area contributed by atoms with Crippen LogP contribution in [0.5, 0.6) is 0 Å². The van der Waals surface area contributed by atoms with Crippen LogP contribution in [0, 0.1) is 28.6 Å². The van der Waals surface area contributed by atoms with Gasteiger partial charge >= 0.3 is 0 Å². The Morgan fingerprint density at radius 1 is 1.09 bits per heavy atom. The van der Waals surface area contributed by atoms with Crippen LogP contribution in [0.3, 0.4) is 0 Å². The van der Waals surface area contributed by atoms with Crippen LogP contribution in [0.2, 0.25) is 0 Å². The fraction of sp³-hybridized carbons (Fsp3) is 0.789. The van der Waals surface area contributed by atoms with Gasteiger partial charge in [-0.15, -0.1) is 0 Å². The minimum absolute atomic E-state index is 0.108.